The normalized spacial score (nSPS) is 20.9. The van der Waals surface area contributed by atoms with Crippen molar-refractivity contribution in [2.45, 2.75) is 64.7 Å². The third-order valence-electron chi connectivity index (χ3n) is 8.12. The number of nitrogen functional groups attached to an aromatic ring is 1. The summed E-state index contributed by atoms with van der Waals surface area (Å²) in [5.41, 5.74) is 16.2. The molecule has 0 aliphatic heterocycles. The predicted molar refractivity (Wildman–Crippen MR) is 150 cm³/mol. The van der Waals surface area contributed by atoms with Gasteiger partial charge in [0.1, 0.15) is 5.69 Å². The number of hydrogen-bond donors (Lipinski definition) is 2. The van der Waals surface area contributed by atoms with Gasteiger partial charge < -0.3 is 5.73 Å². The Balaban J connectivity index is 1.35. The van der Waals surface area contributed by atoms with Crippen LogP contribution in [-0.2, 0) is 12.8 Å². The van der Waals surface area contributed by atoms with Crippen LogP contribution in [0.1, 0.15) is 74.4 Å². The number of allylic oxidation sites excluding steroid dienone is 9. The third kappa shape index (κ3) is 4.90. The summed E-state index contributed by atoms with van der Waals surface area (Å²) < 4.78 is 0. The second-order valence-corrected chi connectivity index (χ2v) is 10.6. The van der Waals surface area contributed by atoms with Gasteiger partial charge in [-0.3, -0.25) is 5.41 Å². The number of nitrogens with one attached hydrogen (secondary N) is 1. The molecule has 0 saturated carbocycles. The Morgan fingerprint density at radius 3 is 2.53 bits per heavy atom. The van der Waals surface area contributed by atoms with E-state index in [0.717, 1.165) is 61.8 Å². The Labute approximate surface area is 215 Å². The number of benzene rings is 1. The highest BCUT2D eigenvalue weighted by molar-refractivity contribution is 6.12. The minimum atomic E-state index is 0.346. The van der Waals surface area contributed by atoms with Crippen molar-refractivity contribution in [2.24, 2.45) is 5.41 Å². The maximum Gasteiger partial charge on any atom is 0.152 e. The molecule has 0 atom stereocenters. The quantitative estimate of drug-likeness (QED) is 0.350. The fourth-order valence-corrected chi connectivity index (χ4v) is 5.97. The lowest BCUT2D eigenvalue weighted by atomic mass is 9.72. The van der Waals surface area contributed by atoms with Gasteiger partial charge in [-0.25, -0.2) is 9.97 Å². The lowest BCUT2D eigenvalue weighted by molar-refractivity contribution is 0.278. The molecule has 0 unspecified atom stereocenters. The summed E-state index contributed by atoms with van der Waals surface area (Å²) in [6.45, 7) is 5.96. The van der Waals surface area contributed by atoms with Crippen LogP contribution in [0.3, 0.4) is 0 Å². The van der Waals surface area contributed by atoms with Gasteiger partial charge in [0, 0.05) is 0 Å². The molecule has 1 aromatic heterocycles. The summed E-state index contributed by atoms with van der Waals surface area (Å²) in [6.07, 6.45) is 21.7. The number of hydrogen-bond acceptors (Lipinski definition) is 4. The molecule has 0 fully saturated rings. The van der Waals surface area contributed by atoms with Crippen molar-refractivity contribution in [1.29, 1.82) is 5.41 Å². The Bertz CT molecular complexity index is 1300. The van der Waals surface area contributed by atoms with Crippen molar-refractivity contribution < 1.29 is 0 Å². The lowest BCUT2D eigenvalue weighted by Gasteiger charge is -2.32. The summed E-state index contributed by atoms with van der Waals surface area (Å²) >= 11 is 0. The van der Waals surface area contributed by atoms with E-state index in [4.69, 9.17) is 16.1 Å². The van der Waals surface area contributed by atoms with E-state index in [9.17, 15) is 0 Å². The van der Waals surface area contributed by atoms with E-state index in [0.29, 0.717) is 22.6 Å². The minimum Gasteiger partial charge on any atom is -0.382 e. The average molecular weight is 477 g/mol. The molecule has 1 heterocycles. The van der Waals surface area contributed by atoms with Gasteiger partial charge in [0.05, 0.1) is 17.6 Å². The second-order valence-electron chi connectivity index (χ2n) is 10.6. The molecular weight excluding hydrogens is 440 g/mol. The van der Waals surface area contributed by atoms with Crippen LogP contribution in [0, 0.1) is 10.8 Å². The first-order valence-electron chi connectivity index (χ1n) is 13.2. The highest BCUT2D eigenvalue weighted by Crippen LogP contribution is 2.48. The van der Waals surface area contributed by atoms with Crippen LogP contribution in [0.2, 0.25) is 0 Å². The van der Waals surface area contributed by atoms with Crippen LogP contribution < -0.4 is 5.73 Å². The molecule has 1 spiro atoms. The highest BCUT2D eigenvalue weighted by atomic mass is 14.9. The lowest BCUT2D eigenvalue weighted by Crippen LogP contribution is -2.23. The topological polar surface area (TPSA) is 75.7 Å². The minimum absolute atomic E-state index is 0.346. The fraction of sp³-hybridized carbons (Fsp3) is 0.344. The molecule has 3 aliphatic carbocycles. The molecule has 4 heteroatoms. The molecule has 0 saturated heterocycles. The predicted octanol–water partition coefficient (Wildman–Crippen LogP) is 7.34. The van der Waals surface area contributed by atoms with Gasteiger partial charge >= 0.3 is 0 Å². The van der Waals surface area contributed by atoms with E-state index in [-0.39, 0.29) is 0 Å². The van der Waals surface area contributed by atoms with Gasteiger partial charge in [-0.1, -0.05) is 60.7 Å². The third-order valence-corrected chi connectivity index (χ3v) is 8.12. The van der Waals surface area contributed by atoms with E-state index >= 15 is 0 Å². The first-order chi connectivity index (χ1) is 17.5. The Morgan fingerprint density at radius 2 is 1.86 bits per heavy atom. The maximum atomic E-state index is 8.92. The summed E-state index contributed by atoms with van der Waals surface area (Å²) in [5, 5.41) is 8.92. The van der Waals surface area contributed by atoms with Gasteiger partial charge in [-0.2, -0.15) is 0 Å². The first-order valence-corrected chi connectivity index (χ1v) is 13.2. The van der Waals surface area contributed by atoms with Crippen LogP contribution in [0.5, 0.6) is 0 Å². The Hall–Kier alpha value is -3.53. The first kappa shape index (κ1) is 24.2. The summed E-state index contributed by atoms with van der Waals surface area (Å²) in [6, 6.07) is 8.87. The number of nitrogens with two attached hydrogens (primary N) is 1. The zero-order valence-electron chi connectivity index (χ0n) is 21.3. The monoisotopic (exact) mass is 476 g/mol. The largest absolute Gasteiger partial charge is 0.382 e. The number of aromatic nitrogens is 2. The molecule has 3 N–H and O–H groups in total. The molecule has 3 aliphatic rings. The second kappa shape index (κ2) is 10.2. The van der Waals surface area contributed by atoms with Gasteiger partial charge in [0.25, 0.3) is 0 Å². The SMILES string of the molecule is C=C/C=C\C1=C(C)CCCC/C(C(=N)c2ncc(C3=CCC4(CC3)Cc3ccccc3C4)nc2N)=C/1. The Morgan fingerprint density at radius 1 is 1.11 bits per heavy atom. The van der Waals surface area contributed by atoms with E-state index in [2.05, 4.69) is 61.0 Å². The molecule has 1 aromatic carbocycles. The standard InChI is InChI=1S/C32H36N4/c1-3-4-10-24-18-25(11-6-5-9-22(24)2)29(33)30-31(34)36-28(21-35-30)23-14-16-32(17-15-23)19-26-12-7-8-13-27(26)20-32/h3-4,7-8,10,12-14,18,21,33H,1,5-6,9,11,15-17,19-20H2,2H3,(H2,34,36)/b10-4-,24-22?,25-18-,33-29?. The van der Waals surface area contributed by atoms with E-state index in [1.54, 1.807) is 6.08 Å². The van der Waals surface area contributed by atoms with Crippen LogP contribution in [-0.4, -0.2) is 15.7 Å². The zero-order chi connectivity index (χ0) is 25.1. The number of rotatable bonds is 5. The van der Waals surface area contributed by atoms with Crippen LogP contribution >= 0.6 is 0 Å². The Kier molecular flexibility index (Phi) is 6.86. The van der Waals surface area contributed by atoms with Crippen LogP contribution in [0.25, 0.3) is 5.57 Å². The van der Waals surface area contributed by atoms with E-state index < -0.39 is 0 Å². The van der Waals surface area contributed by atoms with Crippen molar-refractivity contribution in [3.8, 4) is 0 Å². The summed E-state index contributed by atoms with van der Waals surface area (Å²) in [4.78, 5) is 9.40. The molecule has 4 nitrogen and oxygen atoms in total. The van der Waals surface area contributed by atoms with Gasteiger partial charge in [-0.15, -0.1) is 0 Å². The van der Waals surface area contributed by atoms with Crippen molar-refractivity contribution in [2.75, 3.05) is 5.73 Å². The molecule has 36 heavy (non-hydrogen) atoms. The molecule has 184 valence electrons. The summed E-state index contributed by atoms with van der Waals surface area (Å²) in [5.74, 6) is 0.346. The average Bonchev–Trinajstić information content (AvgIpc) is 3.24. The van der Waals surface area contributed by atoms with Gasteiger partial charge in [0.15, 0.2) is 5.82 Å². The molecule has 0 radical (unpaired) electrons. The summed E-state index contributed by atoms with van der Waals surface area (Å²) in [7, 11) is 0. The van der Waals surface area contributed by atoms with E-state index in [1.807, 2.05) is 12.3 Å². The number of nitrogens with zero attached hydrogens (tertiary/aromatic N) is 2. The zero-order valence-corrected chi connectivity index (χ0v) is 21.3. The molecule has 0 bridgehead atoms. The molecule has 0 amide bonds. The fourth-order valence-electron chi connectivity index (χ4n) is 5.97. The van der Waals surface area contributed by atoms with Crippen molar-refractivity contribution in [3.63, 3.8) is 0 Å². The van der Waals surface area contributed by atoms with Gasteiger partial charge in [-0.05, 0) is 104 Å². The van der Waals surface area contributed by atoms with Gasteiger partial charge in [0.2, 0.25) is 0 Å². The molecule has 2 aromatic rings. The number of anilines is 1. The maximum absolute atomic E-state index is 8.92. The van der Waals surface area contributed by atoms with Crippen molar-refractivity contribution in [1.82, 2.24) is 9.97 Å². The highest BCUT2D eigenvalue weighted by Gasteiger charge is 2.38. The van der Waals surface area contributed by atoms with Crippen molar-refractivity contribution >= 4 is 17.1 Å². The van der Waals surface area contributed by atoms with Crippen molar-refractivity contribution in [3.05, 3.63) is 107 Å². The van der Waals surface area contributed by atoms with E-state index in [1.165, 1.54) is 35.1 Å². The number of fused-ring (bicyclic) bond motifs is 1. The molecule has 5 rings (SSSR count). The van der Waals surface area contributed by atoms with Crippen LogP contribution in [0.15, 0.2) is 84.1 Å². The smallest absolute Gasteiger partial charge is 0.152 e. The van der Waals surface area contributed by atoms with Crippen LogP contribution in [0.4, 0.5) is 5.82 Å². The molecular formula is C32H36N4.